The molecule has 1 N–H and O–H groups in total. The average molecular weight is 1910 g/mol. The maximum atomic E-state index is 15.1. The van der Waals surface area contributed by atoms with Crippen LogP contribution in [-0.2, 0) is 80.7 Å². The van der Waals surface area contributed by atoms with E-state index in [9.17, 15) is 46.3 Å². The van der Waals surface area contributed by atoms with Crippen molar-refractivity contribution in [3.8, 4) is 17.2 Å². The van der Waals surface area contributed by atoms with Crippen LogP contribution < -0.4 is 45.9 Å². The average Bonchev–Trinajstić information content (AvgIpc) is 1.48. The molecule has 0 saturated carbocycles. The summed E-state index contributed by atoms with van der Waals surface area (Å²) < 4.78 is 110. The lowest BCUT2D eigenvalue weighted by Gasteiger charge is -2.49. The summed E-state index contributed by atoms with van der Waals surface area (Å²) in [4.78, 5) is 84.6. The number of fused-ring (bicyclic) bond motifs is 18. The lowest BCUT2D eigenvalue weighted by molar-refractivity contribution is 0.0659. The van der Waals surface area contributed by atoms with Gasteiger partial charge in [0.15, 0.2) is 69.2 Å². The van der Waals surface area contributed by atoms with Gasteiger partial charge in [-0.25, -0.2) is 26.3 Å². The van der Waals surface area contributed by atoms with E-state index in [1.54, 1.807) is 47.3 Å². The van der Waals surface area contributed by atoms with Crippen molar-refractivity contribution >= 4 is 53.1 Å². The van der Waals surface area contributed by atoms with Crippen molar-refractivity contribution in [3.05, 3.63) is 522 Å². The van der Waals surface area contributed by atoms with E-state index in [0.29, 0.717) is 98.2 Å². The second-order valence-electron chi connectivity index (χ2n) is 36.0. The maximum absolute atomic E-state index is 15.1. The summed E-state index contributed by atoms with van der Waals surface area (Å²) in [6, 6.07) is 93.5. The number of aromatic nitrogens is 3. The number of carbonyl (C=O) groups excluding carboxylic acids is 3. The second kappa shape index (κ2) is 37.3. The molecular weight excluding hydrogens is 1820 g/mol. The second-order valence-corrected chi connectivity index (χ2v) is 37.2. The van der Waals surface area contributed by atoms with E-state index in [1.807, 2.05) is 271 Å². The Morgan fingerprint density at radius 2 is 0.686 bits per heavy atom. The van der Waals surface area contributed by atoms with E-state index >= 15 is 8.78 Å². The van der Waals surface area contributed by atoms with Crippen molar-refractivity contribution in [1.82, 2.24) is 28.7 Å². The van der Waals surface area contributed by atoms with Crippen molar-refractivity contribution in [1.29, 1.82) is 0 Å². The molecule has 26 heteroatoms. The molecule has 9 aliphatic rings. The van der Waals surface area contributed by atoms with Crippen molar-refractivity contribution in [2.45, 2.75) is 85.6 Å². The first-order valence-corrected chi connectivity index (χ1v) is 46.9. The van der Waals surface area contributed by atoms with Gasteiger partial charge in [-0.05, 0) is 193 Å². The molecule has 12 aromatic carbocycles. The molecule has 3 aromatic heterocycles. The predicted molar refractivity (Wildman–Crippen MR) is 524 cm³/mol. The van der Waals surface area contributed by atoms with Crippen LogP contribution in [0.25, 0.3) is 12.2 Å². The molecule has 4 unspecified atom stereocenters. The molecule has 4 atom stereocenters. The number of carbonyl (C=O) groups is 3. The first-order valence-electron chi connectivity index (χ1n) is 46.2. The van der Waals surface area contributed by atoms with Gasteiger partial charge in [-0.2, -0.15) is 0 Å². The van der Waals surface area contributed by atoms with Crippen molar-refractivity contribution in [3.63, 3.8) is 0 Å². The number of rotatable bonds is 20. The van der Waals surface area contributed by atoms with Gasteiger partial charge in [0.2, 0.25) is 16.3 Å². The molecule has 0 fully saturated rings. The minimum atomic E-state index is -1.06. The normalized spacial score (nSPS) is 18.5. The Morgan fingerprint density at radius 1 is 0.321 bits per heavy atom. The SMILES string of the molecule is Fc1cc2c(cc1F)C1(Cl)c3ccccc3CC1(Cl)C2.O=C1c2c(OCc3ccccc3)c(=O)ccn2N(C23C(=Cc4cc(F)c(F)cc42)Cc2ccccc23)CN1CCc1ccccc1.O=C1c2c(OCc3ccccc3)c(=O)ccn2N(C23C(=Cc4ccccc42)Cc2cc(F)c(F)cc23)CN1CCc1ccccc1.O=C1c2c(OCc3ccccc3)c(=O)ccn2NCN1CCc1ccccc1. The summed E-state index contributed by atoms with van der Waals surface area (Å²) in [6.45, 7) is 2.33. The smallest absolute Gasteiger partial charge is 0.277 e. The van der Waals surface area contributed by atoms with Crippen LogP contribution in [0.15, 0.2) is 354 Å². The van der Waals surface area contributed by atoms with Crippen LogP contribution in [0.2, 0.25) is 0 Å². The van der Waals surface area contributed by atoms with Gasteiger partial charge in [0.1, 0.15) is 55.8 Å². The number of hydrogen-bond acceptors (Lipinski definition) is 12. The van der Waals surface area contributed by atoms with Crippen LogP contribution in [0.5, 0.6) is 17.2 Å². The summed E-state index contributed by atoms with van der Waals surface area (Å²) in [5.41, 5.74) is 17.6. The van der Waals surface area contributed by atoms with Gasteiger partial charge in [-0.3, -0.25) is 52.8 Å². The molecular formula is C114H89Cl2F6N9O9. The van der Waals surface area contributed by atoms with Crippen LogP contribution in [0.3, 0.4) is 0 Å². The summed E-state index contributed by atoms with van der Waals surface area (Å²) in [5.74, 6) is -6.36. The highest BCUT2D eigenvalue weighted by atomic mass is 35.5. The highest BCUT2D eigenvalue weighted by molar-refractivity contribution is 6.38. The molecule has 140 heavy (non-hydrogen) atoms. The van der Waals surface area contributed by atoms with Gasteiger partial charge < -0.3 is 34.3 Å². The fourth-order valence-corrected chi connectivity index (χ4v) is 22.2. The number of amides is 3. The number of nitrogens with one attached hydrogen (secondary N) is 1. The van der Waals surface area contributed by atoms with Gasteiger partial charge in [0.05, 0.1) is 4.87 Å². The highest BCUT2D eigenvalue weighted by Gasteiger charge is 2.63. The third-order valence-electron chi connectivity index (χ3n) is 27.7. The van der Waals surface area contributed by atoms with Crippen LogP contribution in [0, 0.1) is 34.9 Å². The Kier molecular flexibility index (Phi) is 24.2. The first kappa shape index (κ1) is 90.8. The van der Waals surface area contributed by atoms with Crippen molar-refractivity contribution in [2.24, 2.45) is 0 Å². The van der Waals surface area contributed by atoms with E-state index in [0.717, 1.165) is 84.3 Å². The van der Waals surface area contributed by atoms with Crippen LogP contribution in [-0.4, -0.2) is 91.0 Å². The highest BCUT2D eigenvalue weighted by Crippen LogP contribution is 2.64. The first-order chi connectivity index (χ1) is 68.1. The van der Waals surface area contributed by atoms with E-state index in [2.05, 4.69) is 11.5 Å². The van der Waals surface area contributed by atoms with Gasteiger partial charge in [-0.1, -0.05) is 267 Å². The summed E-state index contributed by atoms with van der Waals surface area (Å²) in [7, 11) is 0. The molecule has 0 saturated heterocycles. The number of nitrogens with zero attached hydrogens (tertiary/aromatic N) is 8. The Hall–Kier alpha value is -15.7. The molecule has 3 aliphatic heterocycles. The molecule has 24 rings (SSSR count). The number of benzene rings is 12. The monoisotopic (exact) mass is 1910 g/mol. The molecule has 0 radical (unpaired) electrons. The fourth-order valence-electron chi connectivity index (χ4n) is 21.2. The topological polar surface area (TPSA) is 173 Å². The van der Waals surface area contributed by atoms with Gasteiger partial charge in [0, 0.05) is 56.4 Å². The molecule has 15 aromatic rings. The van der Waals surface area contributed by atoms with E-state index in [1.165, 1.54) is 54.6 Å². The number of halogens is 8. The number of hydrogen-bond donors (Lipinski definition) is 1. The van der Waals surface area contributed by atoms with Gasteiger partial charge in [0.25, 0.3) is 17.7 Å². The van der Waals surface area contributed by atoms with E-state index < -0.39 is 66.6 Å². The Labute approximate surface area is 811 Å². The molecule has 18 nitrogen and oxygen atoms in total. The van der Waals surface area contributed by atoms with Gasteiger partial charge in [-0.15, -0.1) is 23.2 Å². The largest absolute Gasteiger partial charge is 0.482 e. The quantitative estimate of drug-likeness (QED) is 0.0566. The summed E-state index contributed by atoms with van der Waals surface area (Å²) in [6.07, 6.45) is 12.7. The summed E-state index contributed by atoms with van der Waals surface area (Å²) >= 11 is 13.6. The molecule has 700 valence electrons. The molecule has 6 heterocycles. The Balaban J connectivity index is 0.000000116. The third-order valence-corrected chi connectivity index (χ3v) is 29.2. The lowest BCUT2D eigenvalue weighted by atomic mass is 9.83. The zero-order chi connectivity index (χ0) is 96.3. The number of pyridine rings is 3. The number of ether oxygens (including phenoxy) is 3. The molecule has 6 aliphatic carbocycles. The van der Waals surface area contributed by atoms with Crippen molar-refractivity contribution < 1.29 is 54.9 Å². The standard InChI is InChI=1S/2C38H29F2N3O3.C22H21N3O3.C16H10Cl2F2/c2*39-32-21-28-20-29-19-27-13-7-8-14-30(27)38(29,31(28)22-33(32)40)43-24-41(17-15-25-9-3-1-4-10-25)37(45)35-36(34(44)16-18-42(35)43)46-23-26-11-5-2-6-12-26;26-19-12-14-25-20(21(19)28-15-18-9-5-2-6-10-18)22(27)24(16-23-25)13-11-17-7-3-1-4-8-17;17-15-7-9-3-1-2-4-11(9)16(15,18)12-6-14(20)13(19)5-10(12)8-15/h1-14,16,18,20-22H,15,17,19,23-24H2;1-14,16,18-19,21-22H,15,17,20,23-24H2;1-10,12,14,23H,11,13,15-16H2;1-6H,7-8H2. The van der Waals surface area contributed by atoms with E-state index in [-0.39, 0.29) is 90.6 Å². The zero-order valence-corrected chi connectivity index (χ0v) is 76.9. The Morgan fingerprint density at radius 3 is 1.19 bits per heavy atom. The van der Waals surface area contributed by atoms with Crippen LogP contribution >= 0.6 is 23.2 Å². The summed E-state index contributed by atoms with van der Waals surface area (Å²) in [5, 5.41) is 4.01. The van der Waals surface area contributed by atoms with Crippen LogP contribution in [0.1, 0.15) is 132 Å². The molecule has 3 amide bonds. The predicted octanol–water partition coefficient (Wildman–Crippen LogP) is 19.6. The third kappa shape index (κ3) is 16.1. The zero-order valence-electron chi connectivity index (χ0n) is 75.4. The molecule has 0 spiro atoms. The minimum absolute atomic E-state index is 0.0533. The van der Waals surface area contributed by atoms with Crippen LogP contribution in [0.4, 0.5) is 26.3 Å². The van der Waals surface area contributed by atoms with Gasteiger partial charge >= 0.3 is 0 Å². The van der Waals surface area contributed by atoms with Crippen molar-refractivity contribution in [2.75, 3.05) is 55.1 Å². The Bertz CT molecular complexity index is 7500. The maximum Gasteiger partial charge on any atom is 0.277 e. The number of alkyl halides is 2. The minimum Gasteiger partial charge on any atom is -0.482 e. The lowest BCUT2D eigenvalue weighted by Crippen LogP contribution is -2.62. The molecule has 0 bridgehead atoms. The van der Waals surface area contributed by atoms with E-state index in [4.69, 9.17) is 37.4 Å². The fraction of sp³-hybridized carbons (Fsp3) is 0.175.